The smallest absolute Gasteiger partial charge is 0.100 e. The van der Waals surface area contributed by atoms with E-state index in [-0.39, 0.29) is 0 Å². The van der Waals surface area contributed by atoms with E-state index in [0.29, 0.717) is 25.7 Å². The van der Waals surface area contributed by atoms with Crippen molar-refractivity contribution in [1.29, 1.82) is 0 Å². The van der Waals surface area contributed by atoms with Gasteiger partial charge in [0.15, 0.2) is 0 Å². The summed E-state index contributed by atoms with van der Waals surface area (Å²) in [5.41, 5.74) is 6.06. The van der Waals surface area contributed by atoms with Crippen molar-refractivity contribution in [1.82, 2.24) is 0 Å². The van der Waals surface area contributed by atoms with Crippen LogP contribution in [0.25, 0.3) is 0 Å². The maximum absolute atomic E-state index is 13.0. The maximum atomic E-state index is 13.0. The summed E-state index contributed by atoms with van der Waals surface area (Å²) < 4.78 is 13.0. The lowest BCUT2D eigenvalue weighted by Gasteiger charge is -2.38. The SMILES string of the molecule is NC(c1ccccc1)[C@]1(O)CC[C@H](F)CC1. The summed E-state index contributed by atoms with van der Waals surface area (Å²) in [5.74, 6) is 0. The Bertz CT molecular complexity index is 333. The van der Waals surface area contributed by atoms with Gasteiger partial charge in [0, 0.05) is 0 Å². The lowest BCUT2D eigenvalue weighted by atomic mass is 9.77. The van der Waals surface area contributed by atoms with Gasteiger partial charge in [0.2, 0.25) is 0 Å². The first-order valence-electron chi connectivity index (χ1n) is 5.79. The van der Waals surface area contributed by atoms with Crippen LogP contribution in [0.15, 0.2) is 30.3 Å². The van der Waals surface area contributed by atoms with Crippen LogP contribution in [-0.2, 0) is 0 Å². The van der Waals surface area contributed by atoms with Crippen LogP contribution < -0.4 is 5.73 Å². The Kier molecular flexibility index (Phi) is 3.26. The number of aliphatic hydroxyl groups is 1. The molecule has 1 unspecified atom stereocenters. The van der Waals surface area contributed by atoms with E-state index in [0.717, 1.165) is 5.56 Å². The highest BCUT2D eigenvalue weighted by Gasteiger charge is 2.39. The van der Waals surface area contributed by atoms with Crippen LogP contribution in [0, 0.1) is 0 Å². The molecule has 16 heavy (non-hydrogen) atoms. The van der Waals surface area contributed by atoms with Crippen molar-refractivity contribution in [2.75, 3.05) is 0 Å². The molecule has 1 aliphatic carbocycles. The van der Waals surface area contributed by atoms with Crippen LogP contribution in [0.3, 0.4) is 0 Å². The van der Waals surface area contributed by atoms with Gasteiger partial charge in [0.25, 0.3) is 0 Å². The summed E-state index contributed by atoms with van der Waals surface area (Å²) in [5, 5.41) is 10.4. The molecular formula is C13H18FNO. The van der Waals surface area contributed by atoms with Crippen LogP contribution in [-0.4, -0.2) is 16.9 Å². The summed E-state index contributed by atoms with van der Waals surface area (Å²) in [6.07, 6.45) is 0.950. The zero-order valence-electron chi connectivity index (χ0n) is 9.27. The molecule has 1 aliphatic rings. The molecule has 2 nitrogen and oxygen atoms in total. The van der Waals surface area contributed by atoms with Gasteiger partial charge < -0.3 is 10.8 Å². The molecule has 0 aromatic heterocycles. The van der Waals surface area contributed by atoms with Crippen molar-refractivity contribution in [3.63, 3.8) is 0 Å². The Balaban J connectivity index is 2.12. The molecule has 3 N–H and O–H groups in total. The first-order chi connectivity index (χ1) is 7.62. The fourth-order valence-electron chi connectivity index (χ4n) is 2.36. The second-order valence-electron chi connectivity index (χ2n) is 4.67. The van der Waals surface area contributed by atoms with E-state index in [1.54, 1.807) is 0 Å². The standard InChI is InChI=1S/C13H18FNO/c14-11-6-8-13(16,9-7-11)12(15)10-4-2-1-3-5-10/h1-5,11-12,16H,6-9,15H2/t11-,12?,13-. The molecule has 1 fully saturated rings. The van der Waals surface area contributed by atoms with Gasteiger partial charge in [-0.15, -0.1) is 0 Å². The largest absolute Gasteiger partial charge is 0.388 e. The van der Waals surface area contributed by atoms with Gasteiger partial charge in [0.05, 0.1) is 11.6 Å². The number of hydrogen-bond donors (Lipinski definition) is 2. The van der Waals surface area contributed by atoms with Gasteiger partial charge in [0.1, 0.15) is 6.17 Å². The quantitative estimate of drug-likeness (QED) is 0.808. The predicted molar refractivity (Wildman–Crippen MR) is 61.7 cm³/mol. The zero-order chi connectivity index (χ0) is 11.6. The van der Waals surface area contributed by atoms with Crippen molar-refractivity contribution in [2.24, 2.45) is 5.73 Å². The van der Waals surface area contributed by atoms with Crippen molar-refractivity contribution >= 4 is 0 Å². The van der Waals surface area contributed by atoms with E-state index < -0.39 is 17.8 Å². The normalized spacial score (nSPS) is 32.3. The van der Waals surface area contributed by atoms with Crippen LogP contribution in [0.5, 0.6) is 0 Å². The van der Waals surface area contributed by atoms with Gasteiger partial charge in [-0.25, -0.2) is 4.39 Å². The van der Waals surface area contributed by atoms with Gasteiger partial charge in [-0.1, -0.05) is 30.3 Å². The third-order valence-electron chi connectivity index (χ3n) is 3.52. The molecule has 3 heteroatoms. The topological polar surface area (TPSA) is 46.2 Å². The third-order valence-corrected chi connectivity index (χ3v) is 3.52. The number of rotatable bonds is 2. The lowest BCUT2D eigenvalue weighted by Crippen LogP contribution is -2.44. The number of benzene rings is 1. The minimum Gasteiger partial charge on any atom is -0.388 e. The van der Waals surface area contributed by atoms with Crippen LogP contribution in [0.1, 0.15) is 37.3 Å². The predicted octanol–water partition coefficient (Wildman–Crippen LogP) is 2.33. The summed E-state index contributed by atoms with van der Waals surface area (Å²) >= 11 is 0. The van der Waals surface area contributed by atoms with E-state index in [4.69, 9.17) is 5.73 Å². The highest BCUT2D eigenvalue weighted by Crippen LogP contribution is 2.37. The Morgan fingerprint density at radius 3 is 2.38 bits per heavy atom. The molecule has 0 spiro atoms. The van der Waals surface area contributed by atoms with Crippen LogP contribution in [0.4, 0.5) is 4.39 Å². The summed E-state index contributed by atoms with van der Waals surface area (Å²) in [6, 6.07) is 9.12. The average molecular weight is 223 g/mol. The molecule has 88 valence electrons. The highest BCUT2D eigenvalue weighted by molar-refractivity contribution is 5.22. The molecule has 0 amide bonds. The number of nitrogens with two attached hydrogens (primary N) is 1. The van der Waals surface area contributed by atoms with Gasteiger partial charge in [-0.2, -0.15) is 0 Å². The van der Waals surface area contributed by atoms with Crippen molar-refractivity contribution in [2.45, 2.75) is 43.5 Å². The fraction of sp³-hybridized carbons (Fsp3) is 0.538. The van der Waals surface area contributed by atoms with Gasteiger partial charge >= 0.3 is 0 Å². The first kappa shape index (κ1) is 11.6. The van der Waals surface area contributed by atoms with E-state index in [1.165, 1.54) is 0 Å². The Hall–Kier alpha value is -0.930. The Labute approximate surface area is 95.3 Å². The van der Waals surface area contributed by atoms with E-state index >= 15 is 0 Å². The lowest BCUT2D eigenvalue weighted by molar-refractivity contribution is -0.0363. The number of hydrogen-bond acceptors (Lipinski definition) is 2. The molecule has 0 heterocycles. The summed E-state index contributed by atoms with van der Waals surface area (Å²) in [7, 11) is 0. The number of alkyl halides is 1. The van der Waals surface area contributed by atoms with Crippen molar-refractivity contribution in [3.8, 4) is 0 Å². The van der Waals surface area contributed by atoms with E-state index in [1.807, 2.05) is 30.3 Å². The molecule has 1 atom stereocenters. The molecule has 0 saturated heterocycles. The first-order valence-corrected chi connectivity index (χ1v) is 5.79. The fourth-order valence-corrected chi connectivity index (χ4v) is 2.36. The zero-order valence-corrected chi connectivity index (χ0v) is 9.27. The van der Waals surface area contributed by atoms with Crippen molar-refractivity contribution in [3.05, 3.63) is 35.9 Å². The Morgan fingerprint density at radius 1 is 1.25 bits per heavy atom. The summed E-state index contributed by atoms with van der Waals surface area (Å²) in [4.78, 5) is 0. The molecule has 0 bridgehead atoms. The van der Waals surface area contributed by atoms with Crippen molar-refractivity contribution < 1.29 is 9.50 Å². The molecule has 0 radical (unpaired) electrons. The molecule has 1 saturated carbocycles. The monoisotopic (exact) mass is 223 g/mol. The number of halogens is 1. The maximum Gasteiger partial charge on any atom is 0.100 e. The minimum atomic E-state index is -0.941. The molecule has 2 rings (SSSR count). The van der Waals surface area contributed by atoms with E-state index in [9.17, 15) is 9.50 Å². The molecular weight excluding hydrogens is 205 g/mol. The molecule has 0 aliphatic heterocycles. The molecule has 1 aromatic rings. The second kappa shape index (κ2) is 4.52. The van der Waals surface area contributed by atoms with Crippen LogP contribution in [0.2, 0.25) is 0 Å². The second-order valence-corrected chi connectivity index (χ2v) is 4.67. The van der Waals surface area contributed by atoms with Gasteiger partial charge in [-0.3, -0.25) is 0 Å². The van der Waals surface area contributed by atoms with E-state index in [2.05, 4.69) is 0 Å². The minimum absolute atomic E-state index is 0.414. The van der Waals surface area contributed by atoms with Gasteiger partial charge in [-0.05, 0) is 31.2 Å². The average Bonchev–Trinajstić information content (AvgIpc) is 2.33. The molecule has 1 aromatic carbocycles. The van der Waals surface area contributed by atoms with Crippen LogP contribution >= 0.6 is 0 Å². The highest BCUT2D eigenvalue weighted by atomic mass is 19.1. The third kappa shape index (κ3) is 2.25. The summed E-state index contributed by atoms with van der Waals surface area (Å²) in [6.45, 7) is 0. The Morgan fingerprint density at radius 2 is 1.81 bits per heavy atom.